The van der Waals surface area contributed by atoms with E-state index >= 15 is 0 Å². The molecule has 0 radical (unpaired) electrons. The molecule has 0 N–H and O–H groups in total. The molecule has 1 aliphatic heterocycles. The van der Waals surface area contributed by atoms with Crippen molar-refractivity contribution in [2.24, 2.45) is 0 Å². The van der Waals surface area contributed by atoms with Crippen LogP contribution in [0.3, 0.4) is 0 Å². The lowest BCUT2D eigenvalue weighted by atomic mass is 10.2. The zero-order valence-corrected chi connectivity index (χ0v) is 13.5. The Morgan fingerprint density at radius 2 is 2.17 bits per heavy atom. The van der Waals surface area contributed by atoms with Crippen molar-refractivity contribution in [1.29, 1.82) is 0 Å². The van der Waals surface area contributed by atoms with E-state index < -0.39 is 0 Å². The first-order valence-corrected chi connectivity index (χ1v) is 8.20. The lowest BCUT2D eigenvalue weighted by molar-refractivity contribution is 0.195. The summed E-state index contributed by atoms with van der Waals surface area (Å²) in [6.07, 6.45) is 7.35. The van der Waals surface area contributed by atoms with Crippen molar-refractivity contribution in [3.63, 3.8) is 0 Å². The highest BCUT2D eigenvalue weighted by Gasteiger charge is 2.31. The van der Waals surface area contributed by atoms with Gasteiger partial charge in [0.25, 0.3) is 0 Å². The average molecular weight is 325 g/mol. The Morgan fingerprint density at radius 1 is 1.29 bits per heavy atom. The first kappa shape index (κ1) is 14.9. The van der Waals surface area contributed by atoms with Gasteiger partial charge < -0.3 is 9.09 Å². The lowest BCUT2D eigenvalue weighted by Gasteiger charge is -2.20. The summed E-state index contributed by atoms with van der Waals surface area (Å²) in [6, 6.07) is 3.89. The highest BCUT2D eigenvalue weighted by Crippen LogP contribution is 2.32. The molecule has 24 heavy (non-hydrogen) atoms. The van der Waals surface area contributed by atoms with Crippen LogP contribution in [-0.4, -0.2) is 41.3 Å². The van der Waals surface area contributed by atoms with Crippen LogP contribution in [0.15, 0.2) is 35.4 Å². The first-order chi connectivity index (χ1) is 11.8. The Kier molecular flexibility index (Phi) is 4.04. The molecule has 1 saturated heterocycles. The molecule has 0 aromatic carbocycles. The third-order valence-corrected chi connectivity index (χ3v) is 4.41. The van der Waals surface area contributed by atoms with Crippen LogP contribution in [0.25, 0.3) is 11.4 Å². The van der Waals surface area contributed by atoms with Gasteiger partial charge in [-0.3, -0.25) is 9.88 Å². The van der Waals surface area contributed by atoms with E-state index in [0.29, 0.717) is 11.7 Å². The summed E-state index contributed by atoms with van der Waals surface area (Å²) in [5, 5.41) is 12.4. The molecule has 1 atom stereocenters. The van der Waals surface area contributed by atoms with Gasteiger partial charge in [-0.05, 0) is 38.4 Å². The summed E-state index contributed by atoms with van der Waals surface area (Å²) < 4.78 is 7.60. The predicted octanol–water partition coefficient (Wildman–Crippen LogP) is 2.08. The van der Waals surface area contributed by atoms with E-state index in [1.54, 1.807) is 18.7 Å². The summed E-state index contributed by atoms with van der Waals surface area (Å²) in [5.41, 5.74) is 0.912. The molecular weight excluding hydrogens is 306 g/mol. The van der Waals surface area contributed by atoms with Crippen LogP contribution in [0.5, 0.6) is 0 Å². The number of pyridine rings is 1. The molecule has 8 nitrogen and oxygen atoms in total. The monoisotopic (exact) mass is 325 g/mol. The SMILES string of the molecule is CCn1cnnc1CN1CCC[C@H]1c1nc(-c2ccncc2)no1. The van der Waals surface area contributed by atoms with E-state index in [4.69, 9.17) is 4.52 Å². The molecule has 1 aliphatic rings. The lowest BCUT2D eigenvalue weighted by Crippen LogP contribution is -2.25. The fourth-order valence-corrected chi connectivity index (χ4v) is 3.13. The van der Waals surface area contributed by atoms with Crippen LogP contribution < -0.4 is 0 Å². The van der Waals surface area contributed by atoms with Crippen LogP contribution in [0.1, 0.15) is 37.5 Å². The molecule has 0 spiro atoms. The van der Waals surface area contributed by atoms with Crippen molar-refractivity contribution >= 4 is 0 Å². The van der Waals surface area contributed by atoms with Gasteiger partial charge >= 0.3 is 0 Å². The first-order valence-electron chi connectivity index (χ1n) is 8.20. The van der Waals surface area contributed by atoms with E-state index in [1.807, 2.05) is 12.1 Å². The predicted molar refractivity (Wildman–Crippen MR) is 85.6 cm³/mol. The fraction of sp³-hybridized carbons (Fsp3) is 0.438. The Hall–Kier alpha value is -2.61. The zero-order valence-electron chi connectivity index (χ0n) is 13.5. The summed E-state index contributed by atoms with van der Waals surface area (Å²) in [5.74, 6) is 2.25. The van der Waals surface area contributed by atoms with Crippen LogP contribution in [0.4, 0.5) is 0 Å². The highest BCUT2D eigenvalue weighted by molar-refractivity contribution is 5.52. The molecule has 0 bridgehead atoms. The van der Waals surface area contributed by atoms with Gasteiger partial charge in [-0.2, -0.15) is 4.98 Å². The maximum atomic E-state index is 5.54. The molecule has 8 heteroatoms. The smallest absolute Gasteiger partial charge is 0.244 e. The minimum Gasteiger partial charge on any atom is -0.337 e. The number of hydrogen-bond acceptors (Lipinski definition) is 7. The Labute approximate surface area is 139 Å². The van der Waals surface area contributed by atoms with Crippen molar-refractivity contribution in [3.05, 3.63) is 42.6 Å². The highest BCUT2D eigenvalue weighted by atomic mass is 16.5. The third kappa shape index (κ3) is 2.80. The van der Waals surface area contributed by atoms with Crippen molar-refractivity contribution in [3.8, 4) is 11.4 Å². The number of nitrogens with zero attached hydrogens (tertiary/aromatic N) is 7. The van der Waals surface area contributed by atoms with Crippen molar-refractivity contribution in [2.75, 3.05) is 6.54 Å². The van der Waals surface area contributed by atoms with Gasteiger partial charge in [0.05, 0.1) is 12.6 Å². The summed E-state index contributed by atoms with van der Waals surface area (Å²) in [6.45, 7) is 4.70. The molecule has 3 aromatic rings. The van der Waals surface area contributed by atoms with Crippen LogP contribution >= 0.6 is 0 Å². The number of aromatic nitrogens is 6. The molecule has 3 aromatic heterocycles. The standard InChI is InChI=1S/C16H19N7O/c1-2-22-11-18-20-14(22)10-23-9-3-4-13(23)16-19-15(21-24-16)12-5-7-17-8-6-12/h5-8,11,13H,2-4,9-10H2,1H3/t13-/m0/s1. The molecule has 4 heterocycles. The molecular formula is C16H19N7O. The van der Waals surface area contributed by atoms with Gasteiger partial charge in [0.1, 0.15) is 12.2 Å². The summed E-state index contributed by atoms with van der Waals surface area (Å²) in [7, 11) is 0. The summed E-state index contributed by atoms with van der Waals surface area (Å²) in [4.78, 5) is 10.9. The molecule has 0 aliphatic carbocycles. The normalized spacial score (nSPS) is 18.3. The number of aryl methyl sites for hydroxylation is 1. The van der Waals surface area contributed by atoms with Gasteiger partial charge in [0.15, 0.2) is 0 Å². The largest absolute Gasteiger partial charge is 0.337 e. The molecule has 1 fully saturated rings. The number of rotatable bonds is 5. The van der Waals surface area contributed by atoms with Crippen LogP contribution in [-0.2, 0) is 13.1 Å². The molecule has 124 valence electrons. The van der Waals surface area contributed by atoms with Gasteiger partial charge in [0, 0.05) is 24.5 Å². The van der Waals surface area contributed by atoms with E-state index in [2.05, 4.69) is 41.7 Å². The second-order valence-corrected chi connectivity index (χ2v) is 5.85. The Bertz CT molecular complexity index is 798. The maximum absolute atomic E-state index is 5.54. The number of hydrogen-bond donors (Lipinski definition) is 0. The minimum absolute atomic E-state index is 0.134. The third-order valence-electron chi connectivity index (χ3n) is 4.41. The second kappa shape index (κ2) is 6.48. The fourth-order valence-electron chi connectivity index (χ4n) is 3.13. The van der Waals surface area contributed by atoms with E-state index in [9.17, 15) is 0 Å². The van der Waals surface area contributed by atoms with E-state index in [0.717, 1.165) is 43.9 Å². The summed E-state index contributed by atoms with van der Waals surface area (Å²) >= 11 is 0. The minimum atomic E-state index is 0.134. The van der Waals surface area contributed by atoms with Gasteiger partial charge in [-0.25, -0.2) is 0 Å². The average Bonchev–Trinajstić information content (AvgIpc) is 3.36. The number of likely N-dealkylation sites (tertiary alicyclic amines) is 1. The quantitative estimate of drug-likeness (QED) is 0.710. The van der Waals surface area contributed by atoms with Gasteiger partial charge in [0.2, 0.25) is 11.7 Å². The van der Waals surface area contributed by atoms with E-state index in [-0.39, 0.29) is 6.04 Å². The second-order valence-electron chi connectivity index (χ2n) is 5.85. The Balaban J connectivity index is 1.54. The van der Waals surface area contributed by atoms with Gasteiger partial charge in [-0.1, -0.05) is 5.16 Å². The van der Waals surface area contributed by atoms with Crippen molar-refractivity contribution in [2.45, 2.75) is 38.9 Å². The maximum Gasteiger partial charge on any atom is 0.244 e. The Morgan fingerprint density at radius 3 is 3.00 bits per heavy atom. The molecule has 0 saturated carbocycles. The molecule has 0 amide bonds. The molecule has 0 unspecified atom stereocenters. The molecule has 4 rings (SSSR count). The van der Waals surface area contributed by atoms with Crippen LogP contribution in [0.2, 0.25) is 0 Å². The topological polar surface area (TPSA) is 85.8 Å². The van der Waals surface area contributed by atoms with E-state index in [1.165, 1.54) is 0 Å². The van der Waals surface area contributed by atoms with Crippen LogP contribution in [0, 0.1) is 0 Å². The zero-order chi connectivity index (χ0) is 16.4. The van der Waals surface area contributed by atoms with Crippen molar-refractivity contribution in [1.82, 2.24) is 34.8 Å². The van der Waals surface area contributed by atoms with Crippen molar-refractivity contribution < 1.29 is 4.52 Å². The van der Waals surface area contributed by atoms with Gasteiger partial charge in [-0.15, -0.1) is 10.2 Å².